The zero-order valence-corrected chi connectivity index (χ0v) is 26.1. The van der Waals surface area contributed by atoms with Gasteiger partial charge in [-0.15, -0.1) is 6.58 Å². The van der Waals surface area contributed by atoms with Gasteiger partial charge in [0.1, 0.15) is 17.2 Å². The lowest BCUT2D eigenvalue weighted by molar-refractivity contribution is -0.178. The third-order valence-electron chi connectivity index (χ3n) is 6.54. The van der Waals surface area contributed by atoms with Crippen LogP contribution in [0.25, 0.3) is 10.9 Å². The second-order valence-electron chi connectivity index (χ2n) is 13.7. The van der Waals surface area contributed by atoms with E-state index >= 15 is 0 Å². The second-order valence-corrected chi connectivity index (χ2v) is 13.7. The summed E-state index contributed by atoms with van der Waals surface area (Å²) in [7, 11) is 0. The van der Waals surface area contributed by atoms with Gasteiger partial charge in [-0.3, -0.25) is 9.59 Å². The Morgan fingerprint density at radius 3 is 2.21 bits per heavy atom. The molecule has 4 atom stereocenters. The molecule has 0 aliphatic carbocycles. The Kier molecular flexibility index (Phi) is 9.32. The Bertz CT molecular complexity index is 1340. The van der Waals surface area contributed by atoms with Crippen molar-refractivity contribution in [3.63, 3.8) is 0 Å². The van der Waals surface area contributed by atoms with Gasteiger partial charge in [-0.2, -0.15) is 0 Å². The van der Waals surface area contributed by atoms with Gasteiger partial charge in [0.05, 0.1) is 12.3 Å². The molecule has 10 nitrogen and oxygen atoms in total. The highest BCUT2D eigenvalue weighted by atomic mass is 16.8. The van der Waals surface area contributed by atoms with Crippen molar-refractivity contribution in [3.8, 4) is 0 Å². The zero-order valence-electron chi connectivity index (χ0n) is 26.1. The topological polar surface area (TPSA) is 133 Å². The fraction of sp³-hybridized carbons (Fsp3) is 0.562. The fourth-order valence-corrected chi connectivity index (χ4v) is 4.69. The Morgan fingerprint density at radius 1 is 1.05 bits per heavy atom. The summed E-state index contributed by atoms with van der Waals surface area (Å²) in [4.78, 5) is 57.0. The van der Waals surface area contributed by atoms with E-state index < -0.39 is 70.7 Å². The number of benzene rings is 1. The average molecular weight is 585 g/mol. The van der Waals surface area contributed by atoms with Crippen LogP contribution < -0.4 is 5.32 Å². The molecule has 0 saturated carbocycles. The third-order valence-corrected chi connectivity index (χ3v) is 6.54. The normalized spacial score (nSPS) is 20.9. The number of cyclic esters (lactones) is 1. The first-order valence-electron chi connectivity index (χ1n) is 14.1. The van der Waals surface area contributed by atoms with Crippen molar-refractivity contribution in [3.05, 3.63) is 48.7 Å². The molecule has 1 aromatic carbocycles. The molecule has 10 heteroatoms. The van der Waals surface area contributed by atoms with Gasteiger partial charge < -0.3 is 29.2 Å². The van der Waals surface area contributed by atoms with Gasteiger partial charge in [-0.25, -0.2) is 9.59 Å². The Labute approximate surface area is 247 Å². The van der Waals surface area contributed by atoms with Crippen molar-refractivity contribution in [1.82, 2.24) is 10.3 Å². The number of fused-ring (bicyclic) bond motifs is 1. The van der Waals surface area contributed by atoms with E-state index in [0.717, 1.165) is 16.5 Å². The Hall–Kier alpha value is -3.66. The highest BCUT2D eigenvalue weighted by molar-refractivity contribution is 5.97. The molecule has 0 bridgehead atoms. The Balaban J connectivity index is 1.99. The van der Waals surface area contributed by atoms with Gasteiger partial charge >= 0.3 is 17.9 Å². The van der Waals surface area contributed by atoms with Crippen LogP contribution in [0.5, 0.6) is 0 Å². The molecule has 0 unspecified atom stereocenters. The maximum absolute atomic E-state index is 14.0. The van der Waals surface area contributed by atoms with Gasteiger partial charge in [-0.05, 0) is 53.2 Å². The predicted molar refractivity (Wildman–Crippen MR) is 157 cm³/mol. The number of carbonyl (C=O) groups excluding carboxylic acids is 4. The fourth-order valence-electron chi connectivity index (χ4n) is 4.69. The summed E-state index contributed by atoms with van der Waals surface area (Å²) in [6.07, 6.45) is 1.46. The van der Waals surface area contributed by atoms with E-state index in [0.29, 0.717) is 0 Å². The van der Waals surface area contributed by atoms with Crippen LogP contribution in [0.2, 0.25) is 0 Å². The van der Waals surface area contributed by atoms with Gasteiger partial charge in [0, 0.05) is 28.9 Å². The molecule has 230 valence electrons. The summed E-state index contributed by atoms with van der Waals surface area (Å²) in [5.74, 6) is -4.46. The lowest BCUT2D eigenvalue weighted by Crippen LogP contribution is -2.55. The van der Waals surface area contributed by atoms with E-state index in [1.807, 2.05) is 24.3 Å². The molecule has 2 heterocycles. The average Bonchev–Trinajstić information content (AvgIpc) is 3.38. The molecule has 2 N–H and O–H groups in total. The number of hydrogen-bond donors (Lipinski definition) is 2. The summed E-state index contributed by atoms with van der Waals surface area (Å²) in [5.41, 5.74) is -2.75. The molecule has 1 saturated heterocycles. The van der Waals surface area contributed by atoms with Crippen LogP contribution in [-0.2, 0) is 44.5 Å². The number of carbonyl (C=O) groups is 4. The summed E-state index contributed by atoms with van der Waals surface area (Å²) >= 11 is 0. The third kappa shape index (κ3) is 7.79. The molecule has 1 amide bonds. The molecule has 3 rings (SSSR count). The SMILES string of the molecule is C=C[C@H](C(=O)N[C@@H](Cc1c[nH]c2ccccc12)C(=O)OC(C)(C)C)[C@]1(CC(=O)OC(C)(C)C)O[C@H](C(C)(C)C)OC1=O. The lowest BCUT2D eigenvalue weighted by Gasteiger charge is -2.33. The number of esters is 3. The smallest absolute Gasteiger partial charge is 0.342 e. The predicted octanol–water partition coefficient (Wildman–Crippen LogP) is 4.76. The number of aromatic amines is 1. The summed E-state index contributed by atoms with van der Waals surface area (Å²) < 4.78 is 22.8. The van der Waals surface area contributed by atoms with Crippen LogP contribution >= 0.6 is 0 Å². The van der Waals surface area contributed by atoms with E-state index in [4.69, 9.17) is 18.9 Å². The molecular formula is C32H44N2O8. The molecule has 2 aromatic rings. The summed E-state index contributed by atoms with van der Waals surface area (Å²) in [5, 5.41) is 3.64. The van der Waals surface area contributed by atoms with Gasteiger partial charge in [0.15, 0.2) is 5.60 Å². The van der Waals surface area contributed by atoms with E-state index in [9.17, 15) is 19.2 Å². The first-order chi connectivity index (χ1) is 19.3. The largest absolute Gasteiger partial charge is 0.460 e. The van der Waals surface area contributed by atoms with Crippen LogP contribution in [0, 0.1) is 11.3 Å². The highest BCUT2D eigenvalue weighted by Crippen LogP contribution is 2.42. The first kappa shape index (κ1) is 32.8. The number of para-hydroxylation sites is 1. The van der Waals surface area contributed by atoms with Crippen molar-refractivity contribution in [2.75, 3.05) is 0 Å². The number of aromatic nitrogens is 1. The maximum Gasteiger partial charge on any atom is 0.342 e. The summed E-state index contributed by atoms with van der Waals surface area (Å²) in [6, 6.07) is 6.45. The maximum atomic E-state index is 14.0. The number of rotatable bonds is 9. The van der Waals surface area contributed by atoms with Gasteiger partial charge in [-0.1, -0.05) is 45.0 Å². The van der Waals surface area contributed by atoms with Crippen molar-refractivity contribution in [2.24, 2.45) is 11.3 Å². The molecule has 1 aliphatic heterocycles. The van der Waals surface area contributed by atoms with Crippen LogP contribution in [0.3, 0.4) is 0 Å². The molecule has 1 aliphatic rings. The van der Waals surface area contributed by atoms with Crippen molar-refractivity contribution >= 4 is 34.7 Å². The second kappa shape index (κ2) is 11.9. The van der Waals surface area contributed by atoms with Gasteiger partial charge in [0.2, 0.25) is 12.2 Å². The van der Waals surface area contributed by atoms with E-state index in [1.165, 1.54) is 6.08 Å². The minimum absolute atomic E-state index is 0.101. The molecule has 42 heavy (non-hydrogen) atoms. The zero-order chi connectivity index (χ0) is 31.7. The van der Waals surface area contributed by atoms with Crippen molar-refractivity contribution in [1.29, 1.82) is 0 Å². The first-order valence-corrected chi connectivity index (χ1v) is 14.1. The van der Waals surface area contributed by atoms with Crippen molar-refractivity contribution in [2.45, 2.75) is 104 Å². The molecule has 1 fully saturated rings. The van der Waals surface area contributed by atoms with Crippen LogP contribution in [-0.4, -0.2) is 57.9 Å². The molecule has 1 aromatic heterocycles. The molecule has 0 radical (unpaired) electrons. The van der Waals surface area contributed by atoms with Gasteiger partial charge in [0.25, 0.3) is 0 Å². The number of H-pyrrole nitrogens is 1. The molecular weight excluding hydrogens is 540 g/mol. The minimum Gasteiger partial charge on any atom is -0.460 e. The minimum atomic E-state index is -2.06. The van der Waals surface area contributed by atoms with E-state index in [-0.39, 0.29) is 6.42 Å². The number of ether oxygens (including phenoxy) is 4. The van der Waals surface area contributed by atoms with E-state index in [2.05, 4.69) is 16.9 Å². The lowest BCUT2D eigenvalue weighted by atomic mass is 9.83. The van der Waals surface area contributed by atoms with Crippen LogP contribution in [0.1, 0.15) is 74.3 Å². The monoisotopic (exact) mass is 584 g/mol. The molecule has 0 spiro atoms. The highest BCUT2D eigenvalue weighted by Gasteiger charge is 2.61. The number of nitrogens with one attached hydrogen (secondary N) is 2. The quantitative estimate of drug-likeness (QED) is 0.245. The standard InChI is InChI=1S/C32H44N2O8/c1-11-21(32(17-24(35)40-30(5,6)7)27(38)39-28(42-32)29(2,3)4)25(36)34-23(26(37)41-31(8,9)10)16-19-18-33-22-15-13-12-14-20(19)22/h11-15,18,21,23,28,33H,1,16-17H2,2-10H3,(H,34,36)/t21-,23+,28-,32+/m1/s1. The number of hydrogen-bond acceptors (Lipinski definition) is 8. The van der Waals surface area contributed by atoms with Crippen molar-refractivity contribution < 1.29 is 38.1 Å². The van der Waals surface area contributed by atoms with E-state index in [1.54, 1.807) is 68.5 Å². The Morgan fingerprint density at radius 2 is 1.67 bits per heavy atom. The number of amides is 1. The summed E-state index contributed by atoms with van der Waals surface area (Å²) in [6.45, 7) is 19.5. The van der Waals surface area contributed by atoms with Crippen LogP contribution in [0.15, 0.2) is 43.1 Å². The van der Waals surface area contributed by atoms with Crippen LogP contribution in [0.4, 0.5) is 0 Å².